The molecular formula is C12H20N4O2. The van der Waals surface area contributed by atoms with Crippen LogP contribution in [0.25, 0.3) is 0 Å². The number of likely N-dealkylation sites (N-methyl/N-ethyl adjacent to an activating group) is 1. The average Bonchev–Trinajstić information content (AvgIpc) is 2.86. The van der Waals surface area contributed by atoms with Crippen molar-refractivity contribution in [3.05, 3.63) is 12.2 Å². The molecule has 6 nitrogen and oxygen atoms in total. The number of rotatable bonds is 5. The van der Waals surface area contributed by atoms with Crippen molar-refractivity contribution < 1.29 is 9.53 Å². The van der Waals surface area contributed by atoms with Gasteiger partial charge in [-0.3, -0.25) is 9.69 Å². The van der Waals surface area contributed by atoms with Crippen LogP contribution in [0.2, 0.25) is 0 Å². The number of aromatic nitrogens is 3. The fourth-order valence-electron chi connectivity index (χ4n) is 2.14. The van der Waals surface area contributed by atoms with E-state index >= 15 is 0 Å². The molecule has 1 aliphatic rings. The molecule has 1 aromatic rings. The minimum absolute atomic E-state index is 0.0934. The summed E-state index contributed by atoms with van der Waals surface area (Å²) in [5.41, 5.74) is 0. The third-order valence-corrected chi connectivity index (χ3v) is 3.28. The lowest BCUT2D eigenvalue weighted by Crippen LogP contribution is -2.46. The highest BCUT2D eigenvalue weighted by Gasteiger charge is 2.26. The molecule has 0 aliphatic carbocycles. The molecule has 1 unspecified atom stereocenters. The van der Waals surface area contributed by atoms with Crippen LogP contribution in [0.15, 0.2) is 6.33 Å². The van der Waals surface area contributed by atoms with Gasteiger partial charge >= 0.3 is 0 Å². The summed E-state index contributed by atoms with van der Waals surface area (Å²) < 4.78 is 7.29. The Kier molecular flexibility index (Phi) is 4.43. The van der Waals surface area contributed by atoms with Gasteiger partial charge < -0.3 is 4.74 Å². The third kappa shape index (κ3) is 2.94. The number of ketones is 1. The molecule has 2 heterocycles. The number of hydrogen-bond donors (Lipinski definition) is 0. The molecule has 0 amide bonds. The predicted octanol–water partition coefficient (Wildman–Crippen LogP) is 0.130. The Hall–Kier alpha value is -1.27. The first-order valence-corrected chi connectivity index (χ1v) is 6.48. The van der Waals surface area contributed by atoms with Gasteiger partial charge in [0.05, 0.1) is 13.0 Å². The van der Waals surface area contributed by atoms with E-state index in [1.54, 1.807) is 4.68 Å². The van der Waals surface area contributed by atoms with E-state index in [1.807, 2.05) is 6.92 Å². The summed E-state index contributed by atoms with van der Waals surface area (Å²) in [4.78, 5) is 18.5. The van der Waals surface area contributed by atoms with Crippen LogP contribution < -0.4 is 0 Å². The fourth-order valence-corrected chi connectivity index (χ4v) is 2.14. The van der Waals surface area contributed by atoms with Gasteiger partial charge in [-0.2, -0.15) is 5.10 Å². The number of hydrogen-bond acceptors (Lipinski definition) is 5. The van der Waals surface area contributed by atoms with Gasteiger partial charge in [0.2, 0.25) is 0 Å². The average molecular weight is 252 g/mol. The second kappa shape index (κ2) is 6.06. The van der Waals surface area contributed by atoms with Crippen LogP contribution in [-0.4, -0.2) is 57.8 Å². The molecule has 0 saturated carbocycles. The van der Waals surface area contributed by atoms with E-state index in [-0.39, 0.29) is 11.9 Å². The third-order valence-electron chi connectivity index (χ3n) is 3.28. The first-order valence-electron chi connectivity index (χ1n) is 6.48. The molecule has 1 aromatic heterocycles. The Morgan fingerprint density at radius 2 is 2.33 bits per heavy atom. The molecular weight excluding hydrogens is 232 g/mol. The van der Waals surface area contributed by atoms with Crippen molar-refractivity contribution in [3.8, 4) is 0 Å². The van der Waals surface area contributed by atoms with Crippen molar-refractivity contribution in [3.63, 3.8) is 0 Å². The lowest BCUT2D eigenvalue weighted by atomic mass is 10.1. The van der Waals surface area contributed by atoms with Crippen LogP contribution in [0.3, 0.4) is 0 Å². The molecule has 1 fully saturated rings. The van der Waals surface area contributed by atoms with Crippen LogP contribution in [0.5, 0.6) is 0 Å². The molecule has 1 atom stereocenters. The lowest BCUT2D eigenvalue weighted by molar-refractivity contribution is -0.135. The molecule has 100 valence electrons. The zero-order valence-corrected chi connectivity index (χ0v) is 11.0. The van der Waals surface area contributed by atoms with Crippen molar-refractivity contribution in [1.29, 1.82) is 0 Å². The minimum Gasteiger partial charge on any atom is -0.368 e. The van der Waals surface area contributed by atoms with Crippen molar-refractivity contribution >= 4 is 5.78 Å². The van der Waals surface area contributed by atoms with E-state index in [0.717, 1.165) is 25.5 Å². The van der Waals surface area contributed by atoms with Crippen LogP contribution in [0.4, 0.5) is 0 Å². The molecule has 1 aliphatic heterocycles. The molecule has 0 spiro atoms. The summed E-state index contributed by atoms with van der Waals surface area (Å²) in [5, 5.41) is 4.07. The van der Waals surface area contributed by atoms with Gasteiger partial charge in [0.15, 0.2) is 5.78 Å². The zero-order valence-electron chi connectivity index (χ0n) is 11.0. The largest absolute Gasteiger partial charge is 0.368 e. The maximum Gasteiger partial charge on any atom is 0.170 e. The molecule has 6 heteroatoms. The number of morpholine rings is 1. The fraction of sp³-hybridized carbons (Fsp3) is 0.750. The van der Waals surface area contributed by atoms with Gasteiger partial charge in [-0.25, -0.2) is 9.67 Å². The van der Waals surface area contributed by atoms with Crippen LogP contribution in [0.1, 0.15) is 19.7 Å². The Bertz CT molecular complexity index is 405. The van der Waals surface area contributed by atoms with Crippen molar-refractivity contribution in [2.45, 2.75) is 32.9 Å². The second-order valence-corrected chi connectivity index (χ2v) is 4.39. The number of aryl methyl sites for hydroxylation is 1. The van der Waals surface area contributed by atoms with Gasteiger partial charge in [0.25, 0.3) is 0 Å². The molecule has 0 N–H and O–H groups in total. The lowest BCUT2D eigenvalue weighted by Gasteiger charge is -2.31. The van der Waals surface area contributed by atoms with Crippen LogP contribution in [0, 0.1) is 0 Å². The molecule has 0 radical (unpaired) electrons. The Morgan fingerprint density at radius 3 is 3.06 bits per heavy atom. The number of carbonyl (C=O) groups is 1. The summed E-state index contributed by atoms with van der Waals surface area (Å²) in [5.74, 6) is 0.815. The molecule has 18 heavy (non-hydrogen) atoms. The number of Topliss-reactive ketones (excluding diaryl/α,β-unsaturated/α-hetero) is 1. The first kappa shape index (κ1) is 13.2. The number of carbonyl (C=O) groups excluding carboxylic acids is 1. The van der Waals surface area contributed by atoms with Crippen LogP contribution >= 0.6 is 0 Å². The Morgan fingerprint density at radius 1 is 1.50 bits per heavy atom. The normalized spacial score (nSPS) is 21.1. The summed E-state index contributed by atoms with van der Waals surface area (Å²) in [6, 6.07) is 0. The maximum absolute atomic E-state index is 12.2. The van der Waals surface area contributed by atoms with E-state index in [9.17, 15) is 4.79 Å². The van der Waals surface area contributed by atoms with E-state index < -0.39 is 0 Å². The predicted molar refractivity (Wildman–Crippen MR) is 66.3 cm³/mol. The summed E-state index contributed by atoms with van der Waals surface area (Å²) >= 11 is 0. The van der Waals surface area contributed by atoms with E-state index in [1.165, 1.54) is 6.33 Å². The summed E-state index contributed by atoms with van der Waals surface area (Å²) in [6.07, 6.45) is 1.48. The quantitative estimate of drug-likeness (QED) is 0.745. The minimum atomic E-state index is -0.319. The van der Waals surface area contributed by atoms with E-state index in [2.05, 4.69) is 21.9 Å². The van der Waals surface area contributed by atoms with Gasteiger partial charge in [-0.1, -0.05) is 6.92 Å². The molecule has 1 saturated heterocycles. The highest BCUT2D eigenvalue weighted by Crippen LogP contribution is 2.08. The zero-order chi connectivity index (χ0) is 13.0. The SMILES string of the molecule is CCN1CCOC(C(=O)Cc2ncnn2CC)C1. The highest BCUT2D eigenvalue weighted by atomic mass is 16.5. The summed E-state index contributed by atoms with van der Waals surface area (Å²) in [7, 11) is 0. The topological polar surface area (TPSA) is 60.2 Å². The van der Waals surface area contributed by atoms with Gasteiger partial charge in [0.1, 0.15) is 18.3 Å². The monoisotopic (exact) mass is 252 g/mol. The molecule has 0 aromatic carbocycles. The highest BCUT2D eigenvalue weighted by molar-refractivity contribution is 5.85. The first-order chi connectivity index (χ1) is 8.74. The van der Waals surface area contributed by atoms with Crippen LogP contribution in [-0.2, 0) is 22.5 Å². The Balaban J connectivity index is 1.95. The van der Waals surface area contributed by atoms with Crippen molar-refractivity contribution in [2.75, 3.05) is 26.2 Å². The van der Waals surface area contributed by atoms with Crippen molar-refractivity contribution in [1.82, 2.24) is 19.7 Å². The van der Waals surface area contributed by atoms with Gasteiger partial charge in [0, 0.05) is 19.6 Å². The maximum atomic E-state index is 12.2. The standard InChI is InChI=1S/C12H20N4O2/c1-3-15-5-6-18-11(8-15)10(17)7-12-13-9-14-16(12)4-2/h9,11H,3-8H2,1-2H3. The molecule has 0 bridgehead atoms. The van der Waals surface area contributed by atoms with E-state index in [0.29, 0.717) is 19.6 Å². The number of ether oxygens (including phenoxy) is 1. The van der Waals surface area contributed by atoms with E-state index in [4.69, 9.17) is 4.74 Å². The molecule has 2 rings (SSSR count). The second-order valence-electron chi connectivity index (χ2n) is 4.39. The summed E-state index contributed by atoms with van der Waals surface area (Å²) in [6.45, 7) is 8.00. The smallest absolute Gasteiger partial charge is 0.170 e. The van der Waals surface area contributed by atoms with Gasteiger partial charge in [-0.05, 0) is 13.5 Å². The number of nitrogens with zero attached hydrogens (tertiary/aromatic N) is 4. The Labute approximate surface area is 107 Å². The van der Waals surface area contributed by atoms with Gasteiger partial charge in [-0.15, -0.1) is 0 Å². The van der Waals surface area contributed by atoms with Crippen molar-refractivity contribution in [2.24, 2.45) is 0 Å².